The summed E-state index contributed by atoms with van der Waals surface area (Å²) in [6.45, 7) is -0.0809. The van der Waals surface area contributed by atoms with Crippen LogP contribution in [0.25, 0.3) is 10.9 Å². The van der Waals surface area contributed by atoms with Gasteiger partial charge in [-0.15, -0.1) is 0 Å². The molecule has 9 heteroatoms. The molecule has 0 fully saturated rings. The van der Waals surface area contributed by atoms with Crippen molar-refractivity contribution < 1.29 is 19.1 Å². The maximum Gasteiger partial charge on any atom is 0.344 e. The Hall–Kier alpha value is -3.88. The highest BCUT2D eigenvalue weighted by Gasteiger charge is 2.15. The Labute approximate surface area is 176 Å². The van der Waals surface area contributed by atoms with Crippen molar-refractivity contribution in [2.75, 3.05) is 18.5 Å². The smallest absolute Gasteiger partial charge is 0.344 e. The van der Waals surface area contributed by atoms with Gasteiger partial charge in [-0.05, 0) is 48.7 Å². The topological polar surface area (TPSA) is 119 Å². The minimum atomic E-state index is -0.550. The molecule has 1 aliphatic heterocycles. The highest BCUT2D eigenvalue weighted by atomic mass is 16.6. The molecule has 2 N–H and O–H groups in total. The van der Waals surface area contributed by atoms with Gasteiger partial charge < -0.3 is 19.8 Å². The lowest BCUT2D eigenvalue weighted by Gasteiger charge is -2.17. The Morgan fingerprint density at radius 1 is 1.06 bits per heavy atom. The van der Waals surface area contributed by atoms with Gasteiger partial charge in [0.1, 0.15) is 5.75 Å². The molecule has 0 radical (unpaired) electrons. The van der Waals surface area contributed by atoms with E-state index in [-0.39, 0.29) is 31.2 Å². The van der Waals surface area contributed by atoms with Gasteiger partial charge >= 0.3 is 11.7 Å². The van der Waals surface area contributed by atoms with E-state index in [0.717, 1.165) is 15.8 Å². The molecular formula is C22H21N3O6. The lowest BCUT2D eigenvalue weighted by Crippen LogP contribution is -2.35. The van der Waals surface area contributed by atoms with Crippen LogP contribution in [0.5, 0.6) is 5.75 Å². The minimum absolute atomic E-state index is 0.0160. The number of hydrogen-bond acceptors (Lipinski definition) is 6. The Morgan fingerprint density at radius 3 is 2.77 bits per heavy atom. The maximum absolute atomic E-state index is 12.4. The number of fused-ring (bicyclic) bond motifs is 2. The van der Waals surface area contributed by atoms with E-state index < -0.39 is 11.7 Å². The molecule has 2 aromatic carbocycles. The summed E-state index contributed by atoms with van der Waals surface area (Å²) in [6, 6.07) is 12.0. The molecule has 1 aromatic heterocycles. The second-order valence-corrected chi connectivity index (χ2v) is 7.16. The average molecular weight is 423 g/mol. The molecule has 0 bridgehead atoms. The van der Waals surface area contributed by atoms with Crippen LogP contribution >= 0.6 is 0 Å². The van der Waals surface area contributed by atoms with Crippen molar-refractivity contribution in [2.24, 2.45) is 0 Å². The van der Waals surface area contributed by atoms with E-state index in [1.807, 2.05) is 0 Å². The predicted molar refractivity (Wildman–Crippen MR) is 113 cm³/mol. The van der Waals surface area contributed by atoms with Crippen molar-refractivity contribution in [2.45, 2.75) is 25.8 Å². The van der Waals surface area contributed by atoms with Gasteiger partial charge in [0.15, 0.2) is 6.61 Å². The summed E-state index contributed by atoms with van der Waals surface area (Å²) in [7, 11) is 0. The van der Waals surface area contributed by atoms with Crippen molar-refractivity contribution >= 4 is 28.5 Å². The summed E-state index contributed by atoms with van der Waals surface area (Å²) >= 11 is 0. The highest BCUT2D eigenvalue weighted by Crippen LogP contribution is 2.26. The van der Waals surface area contributed by atoms with Crippen molar-refractivity contribution in [1.29, 1.82) is 0 Å². The summed E-state index contributed by atoms with van der Waals surface area (Å²) in [5, 5.41) is 3.21. The monoisotopic (exact) mass is 423 g/mol. The van der Waals surface area contributed by atoms with Crippen LogP contribution in [0.2, 0.25) is 0 Å². The number of anilines is 1. The summed E-state index contributed by atoms with van der Waals surface area (Å²) in [5.74, 6) is -0.0513. The third-order valence-electron chi connectivity index (χ3n) is 5.01. The number of aromatic nitrogens is 2. The molecule has 0 spiro atoms. The summed E-state index contributed by atoms with van der Waals surface area (Å²) in [4.78, 5) is 50.6. The number of rotatable bonds is 7. The number of nitrogens with zero attached hydrogens (tertiary/aromatic N) is 1. The zero-order valence-electron chi connectivity index (χ0n) is 16.7. The van der Waals surface area contributed by atoms with Crippen LogP contribution in [0.4, 0.5) is 5.69 Å². The van der Waals surface area contributed by atoms with E-state index in [9.17, 15) is 19.2 Å². The molecular weight excluding hydrogens is 402 g/mol. The zero-order valence-corrected chi connectivity index (χ0v) is 16.7. The lowest BCUT2D eigenvalue weighted by molar-refractivity contribution is -0.146. The SMILES string of the molecule is O=C1CCc2cc(OCC(=O)OCCCn3c(=O)[nH]c4ccccc4c3=O)ccc2N1. The Balaban J connectivity index is 1.26. The van der Waals surface area contributed by atoms with E-state index in [0.29, 0.717) is 35.9 Å². The van der Waals surface area contributed by atoms with Crippen LogP contribution in [-0.2, 0) is 27.3 Å². The molecule has 0 saturated heterocycles. The molecule has 160 valence electrons. The molecule has 0 saturated carbocycles. The molecule has 31 heavy (non-hydrogen) atoms. The van der Waals surface area contributed by atoms with Crippen molar-refractivity contribution in [1.82, 2.24) is 9.55 Å². The first kappa shape index (κ1) is 20.4. The van der Waals surface area contributed by atoms with Crippen molar-refractivity contribution in [3.63, 3.8) is 0 Å². The normalized spacial score (nSPS) is 12.8. The third kappa shape index (κ3) is 4.66. The number of nitrogens with one attached hydrogen (secondary N) is 2. The number of ether oxygens (including phenoxy) is 2. The molecule has 1 amide bonds. The van der Waals surface area contributed by atoms with Gasteiger partial charge in [0.25, 0.3) is 5.56 Å². The average Bonchev–Trinajstić information content (AvgIpc) is 2.77. The van der Waals surface area contributed by atoms with E-state index in [1.54, 1.807) is 42.5 Å². The van der Waals surface area contributed by atoms with Gasteiger partial charge in [-0.25, -0.2) is 9.59 Å². The van der Waals surface area contributed by atoms with Gasteiger partial charge in [0, 0.05) is 18.7 Å². The van der Waals surface area contributed by atoms with Crippen LogP contribution < -0.4 is 21.3 Å². The fourth-order valence-electron chi connectivity index (χ4n) is 3.44. The van der Waals surface area contributed by atoms with Crippen LogP contribution in [0.3, 0.4) is 0 Å². The number of esters is 1. The first-order valence-electron chi connectivity index (χ1n) is 9.94. The van der Waals surface area contributed by atoms with Gasteiger partial charge in [-0.2, -0.15) is 0 Å². The van der Waals surface area contributed by atoms with Gasteiger partial charge in [0.05, 0.1) is 17.5 Å². The Bertz CT molecular complexity index is 1260. The molecule has 3 aromatic rings. The number of benzene rings is 2. The Kier molecular flexibility index (Phi) is 5.83. The van der Waals surface area contributed by atoms with Gasteiger partial charge in [0.2, 0.25) is 5.91 Å². The standard InChI is InChI=1S/C22H21N3O6/c26-19-9-6-14-12-15(7-8-17(14)23-19)31-13-20(27)30-11-3-10-25-21(28)16-4-1-2-5-18(16)24-22(25)29/h1-2,4-5,7-8,12H,3,6,9-11,13H2,(H,23,26)(H,24,29). The molecule has 9 nitrogen and oxygen atoms in total. The molecule has 0 atom stereocenters. The number of carbonyl (C=O) groups excluding carboxylic acids is 2. The van der Waals surface area contributed by atoms with Gasteiger partial charge in [-0.3, -0.25) is 14.2 Å². The van der Waals surface area contributed by atoms with Crippen molar-refractivity contribution in [3.8, 4) is 5.75 Å². The molecule has 0 aliphatic carbocycles. The number of carbonyl (C=O) groups is 2. The second kappa shape index (κ2) is 8.86. The number of hydrogen-bond donors (Lipinski definition) is 2. The quantitative estimate of drug-likeness (QED) is 0.440. The van der Waals surface area contributed by atoms with Crippen LogP contribution in [-0.4, -0.2) is 34.6 Å². The number of aryl methyl sites for hydroxylation is 1. The first-order valence-corrected chi connectivity index (χ1v) is 9.94. The molecule has 4 rings (SSSR count). The number of para-hydroxylation sites is 1. The minimum Gasteiger partial charge on any atom is -0.482 e. The second-order valence-electron chi connectivity index (χ2n) is 7.16. The lowest BCUT2D eigenvalue weighted by atomic mass is 10.0. The molecule has 0 unspecified atom stereocenters. The first-order chi connectivity index (χ1) is 15.0. The summed E-state index contributed by atoms with van der Waals surface area (Å²) < 4.78 is 11.7. The van der Waals surface area contributed by atoms with E-state index in [2.05, 4.69) is 10.3 Å². The zero-order chi connectivity index (χ0) is 21.8. The van der Waals surface area contributed by atoms with Gasteiger partial charge in [-0.1, -0.05) is 12.1 Å². The van der Waals surface area contributed by atoms with E-state index in [1.165, 1.54) is 0 Å². The van der Waals surface area contributed by atoms with Crippen molar-refractivity contribution in [3.05, 3.63) is 68.9 Å². The highest BCUT2D eigenvalue weighted by molar-refractivity contribution is 5.94. The number of amides is 1. The number of aromatic amines is 1. The molecule has 2 heterocycles. The molecule has 1 aliphatic rings. The predicted octanol–water partition coefficient (Wildman–Crippen LogP) is 1.59. The third-order valence-corrected chi connectivity index (χ3v) is 5.01. The van der Waals surface area contributed by atoms with Crippen LogP contribution in [0.1, 0.15) is 18.4 Å². The largest absolute Gasteiger partial charge is 0.482 e. The Morgan fingerprint density at radius 2 is 1.90 bits per heavy atom. The maximum atomic E-state index is 12.4. The fraction of sp³-hybridized carbons (Fsp3) is 0.273. The van der Waals surface area contributed by atoms with Crippen LogP contribution in [0.15, 0.2) is 52.1 Å². The summed E-state index contributed by atoms with van der Waals surface area (Å²) in [5.41, 5.74) is 1.32. The van der Waals surface area contributed by atoms with E-state index >= 15 is 0 Å². The number of H-pyrrole nitrogens is 1. The summed E-state index contributed by atoms with van der Waals surface area (Å²) in [6.07, 6.45) is 1.35. The fourth-order valence-corrected chi connectivity index (χ4v) is 3.44. The van der Waals surface area contributed by atoms with Crippen LogP contribution in [0, 0.1) is 0 Å². The van der Waals surface area contributed by atoms with E-state index in [4.69, 9.17) is 9.47 Å².